The van der Waals surface area contributed by atoms with E-state index in [1.807, 2.05) is 0 Å². The average Bonchev–Trinajstić information content (AvgIpc) is 3.34. The largest absolute Gasteiger partial charge is 0.423 e. The van der Waals surface area contributed by atoms with Crippen molar-refractivity contribution in [1.29, 1.82) is 0 Å². The van der Waals surface area contributed by atoms with Crippen molar-refractivity contribution in [2.24, 2.45) is 0 Å². The summed E-state index contributed by atoms with van der Waals surface area (Å²) in [5, 5.41) is 13.0. The van der Waals surface area contributed by atoms with Gasteiger partial charge in [0.1, 0.15) is 11.4 Å². The fourth-order valence-electron chi connectivity index (χ4n) is 4.93. The van der Waals surface area contributed by atoms with Gasteiger partial charge in [-0.05, 0) is 48.6 Å². The number of alkyl halides is 3. The summed E-state index contributed by atoms with van der Waals surface area (Å²) in [5.41, 5.74) is -2.84. The lowest BCUT2D eigenvalue weighted by molar-refractivity contribution is -0.138. The van der Waals surface area contributed by atoms with E-state index in [1.54, 1.807) is 41.8 Å². The van der Waals surface area contributed by atoms with E-state index in [1.165, 1.54) is 15.1 Å². The molecular formula is C26H21F4N7O3. The number of halogens is 4. The second-order valence-electron chi connectivity index (χ2n) is 9.48. The first-order valence-corrected chi connectivity index (χ1v) is 12.3. The van der Waals surface area contributed by atoms with Crippen LogP contribution in [-0.4, -0.2) is 48.1 Å². The first-order valence-electron chi connectivity index (χ1n) is 12.3. The number of benzene rings is 1. The van der Waals surface area contributed by atoms with Crippen molar-refractivity contribution in [2.75, 3.05) is 11.9 Å². The molecule has 1 aromatic carbocycles. The number of hydrogen-bond acceptors (Lipinski definition) is 7. The molecule has 4 aromatic heterocycles. The molecular weight excluding hydrogens is 534 g/mol. The van der Waals surface area contributed by atoms with Crippen molar-refractivity contribution in [3.8, 4) is 11.4 Å². The fraction of sp³-hybridized carbons (Fsp3) is 0.269. The molecule has 1 saturated heterocycles. The van der Waals surface area contributed by atoms with Gasteiger partial charge in [-0.3, -0.25) is 9.59 Å². The van der Waals surface area contributed by atoms with Gasteiger partial charge in [0.2, 0.25) is 0 Å². The molecule has 0 saturated carbocycles. The molecule has 0 amide bonds. The standard InChI is InChI=1S/C26H21F4N7O3/c27-19-11-17-14(9-18(19)23-33-21-3-1-2-6-37(21)35-23)4-7-36(25(17)39)13-16-10-15(5-8-40-16)32-20-12-31-34-24(38)22(20)26(28,29)30/h1-4,6-7,9,11-12,15-16H,5,8,10,13H2,(H2,32,34,38)/t15-,16+/m0/s1. The van der Waals surface area contributed by atoms with E-state index in [2.05, 4.69) is 20.5 Å². The highest BCUT2D eigenvalue weighted by molar-refractivity contribution is 5.86. The topological polar surface area (TPSA) is 119 Å². The summed E-state index contributed by atoms with van der Waals surface area (Å²) < 4.78 is 64.0. The molecule has 1 aliphatic heterocycles. The Morgan fingerprint density at radius 2 is 2.00 bits per heavy atom. The van der Waals surface area contributed by atoms with Crippen molar-refractivity contribution in [1.82, 2.24) is 29.4 Å². The molecule has 206 valence electrons. The molecule has 2 atom stereocenters. The van der Waals surface area contributed by atoms with Crippen LogP contribution in [0.4, 0.5) is 23.2 Å². The number of H-pyrrole nitrogens is 1. The summed E-state index contributed by atoms with van der Waals surface area (Å²) in [6.07, 6.45) is -0.545. The van der Waals surface area contributed by atoms with Crippen LogP contribution in [0.15, 0.2) is 64.6 Å². The Bertz CT molecular complexity index is 1810. The number of nitrogens with zero attached hydrogens (tertiary/aromatic N) is 5. The van der Waals surface area contributed by atoms with Crippen LogP contribution < -0.4 is 16.4 Å². The monoisotopic (exact) mass is 555 g/mol. The molecule has 0 bridgehead atoms. The van der Waals surface area contributed by atoms with Gasteiger partial charge < -0.3 is 14.6 Å². The van der Waals surface area contributed by atoms with Gasteiger partial charge in [0, 0.05) is 25.0 Å². The minimum atomic E-state index is -4.86. The molecule has 0 aliphatic carbocycles. The zero-order chi connectivity index (χ0) is 28.0. The van der Waals surface area contributed by atoms with Gasteiger partial charge >= 0.3 is 6.18 Å². The normalized spacial score (nSPS) is 17.9. The number of nitrogens with one attached hydrogen (secondary N) is 2. The number of hydrogen-bond donors (Lipinski definition) is 2. The highest BCUT2D eigenvalue weighted by Gasteiger charge is 2.38. The summed E-state index contributed by atoms with van der Waals surface area (Å²) in [4.78, 5) is 29.3. The molecule has 0 spiro atoms. The van der Waals surface area contributed by atoms with Gasteiger partial charge in [-0.1, -0.05) is 6.07 Å². The summed E-state index contributed by atoms with van der Waals surface area (Å²) in [5.74, 6) is -0.462. The molecule has 0 unspecified atom stereocenters. The molecule has 6 rings (SSSR count). The van der Waals surface area contributed by atoms with E-state index in [9.17, 15) is 22.8 Å². The van der Waals surface area contributed by atoms with Crippen LogP contribution in [-0.2, 0) is 17.5 Å². The van der Waals surface area contributed by atoms with Crippen molar-refractivity contribution in [3.05, 3.63) is 87.1 Å². The second kappa shape index (κ2) is 9.86. The van der Waals surface area contributed by atoms with Gasteiger partial charge in [0.05, 0.1) is 35.5 Å². The Labute approximate surface area is 222 Å². The molecule has 5 heterocycles. The van der Waals surface area contributed by atoms with E-state index < -0.39 is 46.5 Å². The summed E-state index contributed by atoms with van der Waals surface area (Å²) in [6.45, 7) is 0.330. The van der Waals surface area contributed by atoms with Crippen molar-refractivity contribution < 1.29 is 22.3 Å². The minimum absolute atomic E-state index is 0.101. The predicted molar refractivity (Wildman–Crippen MR) is 136 cm³/mol. The number of aromatic nitrogens is 6. The zero-order valence-corrected chi connectivity index (χ0v) is 20.7. The van der Waals surface area contributed by atoms with Crippen LogP contribution in [0.2, 0.25) is 0 Å². The number of rotatable bonds is 5. The zero-order valence-electron chi connectivity index (χ0n) is 20.7. The molecule has 5 aromatic rings. The molecule has 14 heteroatoms. The summed E-state index contributed by atoms with van der Waals surface area (Å²) in [7, 11) is 0. The lowest BCUT2D eigenvalue weighted by atomic mass is 10.0. The van der Waals surface area contributed by atoms with Gasteiger partial charge in [-0.25, -0.2) is 19.0 Å². The maximum Gasteiger partial charge on any atom is 0.423 e. The maximum absolute atomic E-state index is 15.1. The Morgan fingerprint density at radius 3 is 2.80 bits per heavy atom. The molecule has 40 heavy (non-hydrogen) atoms. The van der Waals surface area contributed by atoms with Crippen LogP contribution >= 0.6 is 0 Å². The van der Waals surface area contributed by atoms with Crippen LogP contribution in [0, 0.1) is 5.82 Å². The molecule has 2 N–H and O–H groups in total. The van der Waals surface area contributed by atoms with Crippen LogP contribution in [0.25, 0.3) is 27.8 Å². The van der Waals surface area contributed by atoms with E-state index in [0.29, 0.717) is 17.5 Å². The molecule has 1 fully saturated rings. The van der Waals surface area contributed by atoms with Crippen molar-refractivity contribution in [2.45, 2.75) is 37.7 Å². The third-order valence-corrected chi connectivity index (χ3v) is 6.81. The third-order valence-electron chi connectivity index (χ3n) is 6.81. The quantitative estimate of drug-likeness (QED) is 0.318. The molecule has 1 aliphatic rings. The van der Waals surface area contributed by atoms with Crippen LogP contribution in [0.1, 0.15) is 18.4 Å². The van der Waals surface area contributed by atoms with Crippen molar-refractivity contribution in [3.63, 3.8) is 0 Å². The maximum atomic E-state index is 15.1. The van der Waals surface area contributed by atoms with Crippen LogP contribution in [0.5, 0.6) is 0 Å². The Morgan fingerprint density at radius 1 is 1.15 bits per heavy atom. The Balaban J connectivity index is 1.23. The highest BCUT2D eigenvalue weighted by atomic mass is 19.4. The smallest absolute Gasteiger partial charge is 0.380 e. The third kappa shape index (κ3) is 4.81. The summed E-state index contributed by atoms with van der Waals surface area (Å²) in [6, 6.07) is 9.20. The SMILES string of the molecule is O=c1[nH]ncc(N[C@H]2CCO[C@@H](Cn3ccc4cc(-c5nc6ccccn6n5)c(F)cc4c3=O)C2)c1C(F)(F)F. The first-order chi connectivity index (χ1) is 19.2. The van der Waals surface area contributed by atoms with Crippen LogP contribution in [0.3, 0.4) is 0 Å². The lowest BCUT2D eigenvalue weighted by Crippen LogP contribution is -2.39. The Hall–Kier alpha value is -4.59. The minimum Gasteiger partial charge on any atom is -0.380 e. The van der Waals surface area contributed by atoms with E-state index in [-0.39, 0.29) is 36.3 Å². The van der Waals surface area contributed by atoms with E-state index >= 15 is 4.39 Å². The predicted octanol–water partition coefficient (Wildman–Crippen LogP) is 3.61. The number of aromatic amines is 1. The van der Waals surface area contributed by atoms with E-state index in [4.69, 9.17) is 4.74 Å². The first kappa shape index (κ1) is 25.7. The van der Waals surface area contributed by atoms with Gasteiger partial charge in [0.15, 0.2) is 11.5 Å². The molecule has 10 nitrogen and oxygen atoms in total. The summed E-state index contributed by atoms with van der Waals surface area (Å²) >= 11 is 0. The number of anilines is 1. The van der Waals surface area contributed by atoms with E-state index in [0.717, 1.165) is 12.3 Å². The number of fused-ring (bicyclic) bond motifs is 2. The van der Waals surface area contributed by atoms with Gasteiger partial charge in [0.25, 0.3) is 11.1 Å². The fourth-order valence-corrected chi connectivity index (χ4v) is 4.93. The lowest BCUT2D eigenvalue weighted by Gasteiger charge is -2.31. The van der Waals surface area contributed by atoms with Gasteiger partial charge in [-0.15, -0.1) is 5.10 Å². The second-order valence-corrected chi connectivity index (χ2v) is 9.48. The Kier molecular flexibility index (Phi) is 6.33. The highest BCUT2D eigenvalue weighted by Crippen LogP contribution is 2.32. The average molecular weight is 555 g/mol. The molecule has 0 radical (unpaired) electrons. The number of pyridine rings is 2. The van der Waals surface area contributed by atoms with Gasteiger partial charge in [-0.2, -0.15) is 18.3 Å². The number of ether oxygens (including phenoxy) is 1. The van der Waals surface area contributed by atoms with Crippen molar-refractivity contribution >= 4 is 22.1 Å².